The van der Waals surface area contributed by atoms with Gasteiger partial charge in [0.15, 0.2) is 14.7 Å². The normalized spacial score (nSPS) is 15.7. The highest BCUT2D eigenvalue weighted by molar-refractivity contribution is 8.00. The first kappa shape index (κ1) is 14.5. The molecule has 0 amide bonds. The molecule has 5 heteroatoms. The number of hydrogen-bond donors (Lipinski definition) is 0. The van der Waals surface area contributed by atoms with Crippen LogP contribution in [0.25, 0.3) is 0 Å². The molecule has 0 atom stereocenters. The molecule has 1 aliphatic rings. The van der Waals surface area contributed by atoms with E-state index < -0.39 is 20.7 Å². The Morgan fingerprint density at radius 1 is 0.739 bits per heavy atom. The Bertz CT molecular complexity index is 959. The van der Waals surface area contributed by atoms with Crippen LogP contribution in [0.3, 0.4) is 0 Å². The van der Waals surface area contributed by atoms with Gasteiger partial charge in [0.2, 0.25) is 9.84 Å². The molecule has 0 N–H and O–H groups in total. The van der Waals surface area contributed by atoms with Crippen LogP contribution in [-0.4, -0.2) is 8.42 Å². The molecule has 1 aliphatic heterocycles. The van der Waals surface area contributed by atoms with Gasteiger partial charge >= 0.3 is 0 Å². The number of hydrogen-bond acceptors (Lipinski definition) is 2. The van der Waals surface area contributed by atoms with Crippen molar-refractivity contribution in [3.8, 4) is 0 Å². The average Bonchev–Trinajstić information content (AvgIpc) is 2.55. The van der Waals surface area contributed by atoms with Gasteiger partial charge < -0.3 is 0 Å². The summed E-state index contributed by atoms with van der Waals surface area (Å²) in [6.07, 6.45) is 0. The van der Waals surface area contributed by atoms with Crippen molar-refractivity contribution < 1.29 is 12.8 Å². The van der Waals surface area contributed by atoms with E-state index in [4.69, 9.17) is 0 Å². The van der Waals surface area contributed by atoms with Crippen LogP contribution in [0.2, 0.25) is 0 Å². The van der Waals surface area contributed by atoms with Crippen molar-refractivity contribution in [1.82, 2.24) is 0 Å². The van der Waals surface area contributed by atoms with Gasteiger partial charge in [-0.3, -0.25) is 0 Å². The monoisotopic (exact) mass is 343 g/mol. The molecule has 4 rings (SSSR count). The minimum Gasteiger partial charge on any atom is -0.218 e. The number of sulfone groups is 1. The third kappa shape index (κ3) is 2.19. The van der Waals surface area contributed by atoms with E-state index in [1.54, 1.807) is 30.3 Å². The van der Waals surface area contributed by atoms with Crippen LogP contribution < -0.4 is 0 Å². The first-order valence-corrected chi connectivity index (χ1v) is 9.73. The van der Waals surface area contributed by atoms with Crippen LogP contribution in [0.1, 0.15) is 0 Å². The van der Waals surface area contributed by atoms with Crippen molar-refractivity contribution in [1.29, 1.82) is 0 Å². The molecular weight excluding hydrogens is 331 g/mol. The lowest BCUT2D eigenvalue weighted by Crippen LogP contribution is -2.20. The molecule has 3 aromatic carbocycles. The summed E-state index contributed by atoms with van der Waals surface area (Å²) in [5.41, 5.74) is 0. The Morgan fingerprint density at radius 2 is 1.30 bits per heavy atom. The van der Waals surface area contributed by atoms with E-state index >= 15 is 0 Å². The summed E-state index contributed by atoms with van der Waals surface area (Å²) in [6, 6.07) is 20.3. The molecule has 0 fully saturated rings. The summed E-state index contributed by atoms with van der Waals surface area (Å²) in [5.74, 6) is -0.321. The first-order chi connectivity index (χ1) is 11.1. The Hall–Kier alpha value is -2.11. The van der Waals surface area contributed by atoms with Gasteiger partial charge in [0.1, 0.15) is 26.5 Å². The van der Waals surface area contributed by atoms with Crippen molar-refractivity contribution in [2.24, 2.45) is 0 Å². The quantitative estimate of drug-likeness (QED) is 0.488. The van der Waals surface area contributed by atoms with Gasteiger partial charge in [-0.05, 0) is 36.4 Å². The molecule has 0 saturated heterocycles. The molecule has 114 valence electrons. The zero-order valence-electron chi connectivity index (χ0n) is 11.9. The molecule has 0 unspecified atom stereocenters. The van der Waals surface area contributed by atoms with E-state index in [2.05, 4.69) is 0 Å². The smallest absolute Gasteiger partial charge is 0.216 e. The number of rotatable bonds is 1. The third-order valence-corrected chi connectivity index (χ3v) is 8.19. The summed E-state index contributed by atoms with van der Waals surface area (Å²) in [6.45, 7) is 0. The van der Waals surface area contributed by atoms with E-state index in [0.717, 1.165) is 14.7 Å². The lowest BCUT2D eigenvalue weighted by atomic mass is 10.3. The van der Waals surface area contributed by atoms with Gasteiger partial charge in [0.25, 0.3) is 0 Å². The van der Waals surface area contributed by atoms with Crippen molar-refractivity contribution in [2.45, 2.75) is 24.5 Å². The van der Waals surface area contributed by atoms with Gasteiger partial charge in [-0.25, -0.2) is 12.8 Å². The zero-order chi connectivity index (χ0) is 16.0. The highest BCUT2D eigenvalue weighted by Gasteiger charge is 2.44. The molecule has 0 aromatic heterocycles. The molecule has 0 aliphatic carbocycles. The van der Waals surface area contributed by atoms with E-state index in [9.17, 15) is 12.8 Å². The predicted molar refractivity (Wildman–Crippen MR) is 86.9 cm³/mol. The van der Waals surface area contributed by atoms with Gasteiger partial charge in [0, 0.05) is 6.07 Å². The van der Waals surface area contributed by atoms with Crippen LogP contribution in [-0.2, 0) is 20.7 Å². The van der Waals surface area contributed by atoms with Gasteiger partial charge in [-0.15, -0.1) is 0 Å². The molecule has 3 aromatic rings. The van der Waals surface area contributed by atoms with Crippen LogP contribution in [0.4, 0.5) is 4.39 Å². The van der Waals surface area contributed by atoms with E-state index in [-0.39, 0.29) is 5.82 Å². The van der Waals surface area contributed by atoms with Gasteiger partial charge in [-0.2, -0.15) is 0 Å². The first-order valence-electron chi connectivity index (χ1n) is 7.02. The molecular formula is C18H12FO2S2+. The standard InChI is InChI=1S/C18H12FO2S2/c19-13-6-5-7-14(12-13)22-15-8-1-3-10-17(15)23(20,21)18-11-4-2-9-16(18)22/h1-12H/q+1. The second-order valence-corrected chi connectivity index (χ2v) is 9.01. The summed E-state index contributed by atoms with van der Waals surface area (Å²) >= 11 is 0. The second kappa shape index (κ2) is 5.22. The molecule has 0 bridgehead atoms. The highest BCUT2D eigenvalue weighted by atomic mass is 32.2. The maximum atomic E-state index is 13.7. The lowest BCUT2D eigenvalue weighted by Gasteiger charge is -2.19. The van der Waals surface area contributed by atoms with Crippen LogP contribution in [0, 0.1) is 5.82 Å². The fraction of sp³-hybridized carbons (Fsp3) is 0. The average molecular weight is 343 g/mol. The lowest BCUT2D eigenvalue weighted by molar-refractivity contribution is 0.590. The highest BCUT2D eigenvalue weighted by Crippen LogP contribution is 2.44. The SMILES string of the molecule is O=S1(=O)c2ccccc2[S+](c2cccc(F)c2)c2ccccc21. The van der Waals surface area contributed by atoms with Gasteiger partial charge in [0.05, 0.1) is 0 Å². The predicted octanol–water partition coefficient (Wildman–Crippen LogP) is 4.07. The maximum Gasteiger partial charge on any atom is 0.216 e. The molecule has 2 nitrogen and oxygen atoms in total. The second-order valence-electron chi connectivity index (χ2n) is 5.16. The Balaban J connectivity index is 2.09. The molecule has 1 heterocycles. The molecule has 23 heavy (non-hydrogen) atoms. The van der Waals surface area contributed by atoms with Crippen molar-refractivity contribution in [3.63, 3.8) is 0 Å². The zero-order valence-corrected chi connectivity index (χ0v) is 13.6. The number of benzene rings is 3. The Labute approximate surface area is 136 Å². The minimum absolute atomic E-state index is 0.311. The number of fused-ring (bicyclic) bond motifs is 2. The van der Waals surface area contributed by atoms with E-state index in [1.165, 1.54) is 12.1 Å². The minimum atomic E-state index is -3.54. The van der Waals surface area contributed by atoms with Gasteiger partial charge in [-0.1, -0.05) is 30.3 Å². The Kier molecular flexibility index (Phi) is 3.28. The topological polar surface area (TPSA) is 34.1 Å². The van der Waals surface area contributed by atoms with Crippen LogP contribution in [0.5, 0.6) is 0 Å². The van der Waals surface area contributed by atoms with Crippen LogP contribution in [0.15, 0.2) is 97.3 Å². The van der Waals surface area contributed by atoms with Crippen molar-refractivity contribution in [3.05, 3.63) is 78.6 Å². The summed E-state index contributed by atoms with van der Waals surface area (Å²) in [7, 11) is -4.17. The van der Waals surface area contributed by atoms with Crippen molar-refractivity contribution >= 4 is 20.7 Å². The molecule has 0 saturated carbocycles. The molecule has 0 spiro atoms. The fourth-order valence-electron chi connectivity index (χ4n) is 2.77. The van der Waals surface area contributed by atoms with Crippen LogP contribution >= 0.6 is 0 Å². The molecule has 0 radical (unpaired) electrons. The number of halogens is 1. The van der Waals surface area contributed by atoms with Crippen molar-refractivity contribution in [2.75, 3.05) is 0 Å². The van der Waals surface area contributed by atoms with E-state index in [0.29, 0.717) is 9.79 Å². The summed E-state index contributed by atoms with van der Waals surface area (Å²) in [5, 5.41) is 0. The third-order valence-electron chi connectivity index (χ3n) is 3.75. The largest absolute Gasteiger partial charge is 0.218 e. The Morgan fingerprint density at radius 3 is 1.87 bits per heavy atom. The summed E-state index contributed by atoms with van der Waals surface area (Å²) in [4.78, 5) is 2.84. The maximum absolute atomic E-state index is 13.7. The fourth-order valence-corrected chi connectivity index (χ4v) is 7.50. The van der Waals surface area contributed by atoms with E-state index in [1.807, 2.05) is 30.3 Å². The summed E-state index contributed by atoms with van der Waals surface area (Å²) < 4.78 is 39.5.